The molecule has 1 aliphatic carbocycles. The number of thiophene rings is 1. The van der Waals surface area contributed by atoms with E-state index in [1.165, 1.54) is 23.1 Å². The Morgan fingerprint density at radius 1 is 1.19 bits per heavy atom. The summed E-state index contributed by atoms with van der Waals surface area (Å²) in [5.41, 5.74) is 2.25. The number of hydrogen-bond acceptors (Lipinski definition) is 2. The van der Waals surface area contributed by atoms with Crippen molar-refractivity contribution >= 4 is 28.1 Å². The number of para-hydroxylation sites is 1. The summed E-state index contributed by atoms with van der Waals surface area (Å²) in [4.78, 5) is 14.1. The van der Waals surface area contributed by atoms with Gasteiger partial charge in [0.15, 0.2) is 0 Å². The summed E-state index contributed by atoms with van der Waals surface area (Å²) in [6, 6.07) is 15.0. The average molecular weight is 367 g/mol. The molecule has 2 heterocycles. The maximum atomic E-state index is 12.9. The molecule has 0 radical (unpaired) electrons. The number of fused-ring (bicyclic) bond motifs is 1. The van der Waals surface area contributed by atoms with E-state index in [4.69, 9.17) is 0 Å². The zero-order valence-corrected chi connectivity index (χ0v) is 16.3. The Hall–Kier alpha value is -2.07. The summed E-state index contributed by atoms with van der Waals surface area (Å²) in [5, 5.41) is 6.59. The number of rotatable bonds is 4. The fourth-order valence-electron chi connectivity index (χ4n) is 4.19. The van der Waals surface area contributed by atoms with E-state index in [9.17, 15) is 4.79 Å². The van der Waals surface area contributed by atoms with E-state index >= 15 is 0 Å². The fourth-order valence-corrected chi connectivity index (χ4v) is 4.94. The highest BCUT2D eigenvalue weighted by atomic mass is 32.1. The minimum Gasteiger partial charge on any atom is -0.352 e. The van der Waals surface area contributed by atoms with Crippen LogP contribution in [0.5, 0.6) is 0 Å². The molecule has 4 rings (SSSR count). The van der Waals surface area contributed by atoms with Gasteiger partial charge in [0.1, 0.15) is 6.54 Å². The molecule has 3 aromatic rings. The largest absolute Gasteiger partial charge is 0.352 e. The first-order valence-electron chi connectivity index (χ1n) is 9.55. The second kappa shape index (κ2) is 7.28. The van der Waals surface area contributed by atoms with Crippen molar-refractivity contribution in [1.29, 1.82) is 0 Å². The molecule has 1 saturated carbocycles. The van der Waals surface area contributed by atoms with Crippen molar-refractivity contribution in [2.24, 2.45) is 11.8 Å². The molecule has 3 nitrogen and oxygen atoms in total. The Balaban J connectivity index is 1.60. The van der Waals surface area contributed by atoms with Crippen LogP contribution in [-0.2, 0) is 11.3 Å². The molecular weight excluding hydrogens is 340 g/mol. The first-order chi connectivity index (χ1) is 12.6. The normalized spacial score (nSPS) is 23.2. The molecule has 26 heavy (non-hydrogen) atoms. The van der Waals surface area contributed by atoms with Crippen molar-refractivity contribution in [3.8, 4) is 10.6 Å². The lowest BCUT2D eigenvalue weighted by molar-refractivity contribution is -0.123. The van der Waals surface area contributed by atoms with Crippen LogP contribution in [0.15, 0.2) is 47.8 Å². The Labute approximate surface area is 159 Å². The van der Waals surface area contributed by atoms with Crippen LogP contribution in [-0.4, -0.2) is 16.5 Å². The van der Waals surface area contributed by atoms with E-state index in [-0.39, 0.29) is 5.91 Å². The number of nitrogens with one attached hydrogen (secondary N) is 1. The van der Waals surface area contributed by atoms with Crippen molar-refractivity contribution < 1.29 is 4.79 Å². The molecule has 0 spiro atoms. The second-order valence-electron chi connectivity index (χ2n) is 7.59. The topological polar surface area (TPSA) is 34.0 Å². The Morgan fingerprint density at radius 2 is 2.04 bits per heavy atom. The van der Waals surface area contributed by atoms with Gasteiger partial charge in [0, 0.05) is 16.9 Å². The van der Waals surface area contributed by atoms with Crippen molar-refractivity contribution in [3.05, 3.63) is 47.8 Å². The molecule has 1 amide bonds. The van der Waals surface area contributed by atoms with Gasteiger partial charge in [0.05, 0.1) is 10.6 Å². The molecule has 1 aliphatic rings. The Bertz CT molecular complexity index is 896. The van der Waals surface area contributed by atoms with Gasteiger partial charge < -0.3 is 9.88 Å². The van der Waals surface area contributed by atoms with Crippen LogP contribution in [0.25, 0.3) is 21.5 Å². The predicted molar refractivity (Wildman–Crippen MR) is 109 cm³/mol. The molecule has 3 atom stereocenters. The van der Waals surface area contributed by atoms with E-state index in [0.29, 0.717) is 24.4 Å². The van der Waals surface area contributed by atoms with Crippen molar-refractivity contribution in [3.63, 3.8) is 0 Å². The lowest BCUT2D eigenvalue weighted by Crippen LogP contribution is -2.44. The highest BCUT2D eigenvalue weighted by Gasteiger charge is 2.28. The van der Waals surface area contributed by atoms with Gasteiger partial charge >= 0.3 is 0 Å². The van der Waals surface area contributed by atoms with E-state index in [1.807, 2.05) is 6.07 Å². The van der Waals surface area contributed by atoms with Crippen LogP contribution >= 0.6 is 11.3 Å². The van der Waals surface area contributed by atoms with E-state index in [2.05, 4.69) is 65.5 Å². The smallest absolute Gasteiger partial charge is 0.240 e. The van der Waals surface area contributed by atoms with Crippen LogP contribution in [0.3, 0.4) is 0 Å². The van der Waals surface area contributed by atoms with Gasteiger partial charge in [-0.25, -0.2) is 0 Å². The van der Waals surface area contributed by atoms with Crippen LogP contribution in [0.2, 0.25) is 0 Å². The molecule has 0 aliphatic heterocycles. The quantitative estimate of drug-likeness (QED) is 0.667. The summed E-state index contributed by atoms with van der Waals surface area (Å²) in [7, 11) is 0. The number of aromatic nitrogens is 1. The summed E-state index contributed by atoms with van der Waals surface area (Å²) in [5.74, 6) is 1.35. The SMILES string of the molecule is CC1CCCC(NC(=O)Cn2c(-c3cccs3)cc3ccccc32)C1C. The highest BCUT2D eigenvalue weighted by Crippen LogP contribution is 2.32. The van der Waals surface area contributed by atoms with Gasteiger partial charge in [-0.2, -0.15) is 0 Å². The molecule has 3 unspecified atom stereocenters. The lowest BCUT2D eigenvalue weighted by atomic mass is 9.78. The molecule has 0 bridgehead atoms. The number of benzene rings is 1. The number of amides is 1. The molecule has 1 aromatic carbocycles. The zero-order chi connectivity index (χ0) is 18.1. The van der Waals surface area contributed by atoms with E-state index in [0.717, 1.165) is 17.6 Å². The van der Waals surface area contributed by atoms with Gasteiger partial charge in [-0.05, 0) is 41.8 Å². The molecule has 0 saturated heterocycles. The van der Waals surface area contributed by atoms with Crippen molar-refractivity contribution in [1.82, 2.24) is 9.88 Å². The van der Waals surface area contributed by atoms with Gasteiger partial charge in [-0.1, -0.05) is 51.0 Å². The third kappa shape index (κ3) is 3.30. The van der Waals surface area contributed by atoms with Crippen LogP contribution in [0, 0.1) is 11.8 Å². The molecule has 2 aromatic heterocycles. The van der Waals surface area contributed by atoms with Crippen molar-refractivity contribution in [2.45, 2.75) is 45.7 Å². The fraction of sp³-hybridized carbons (Fsp3) is 0.409. The first-order valence-corrected chi connectivity index (χ1v) is 10.4. The average Bonchev–Trinajstić information content (AvgIpc) is 3.27. The maximum absolute atomic E-state index is 12.9. The first kappa shape index (κ1) is 17.3. The van der Waals surface area contributed by atoms with Crippen LogP contribution in [0.4, 0.5) is 0 Å². The van der Waals surface area contributed by atoms with E-state index in [1.54, 1.807) is 11.3 Å². The number of hydrogen-bond donors (Lipinski definition) is 1. The van der Waals surface area contributed by atoms with Crippen LogP contribution in [0.1, 0.15) is 33.1 Å². The summed E-state index contributed by atoms with van der Waals surface area (Å²) in [6.07, 6.45) is 3.59. The van der Waals surface area contributed by atoms with Crippen molar-refractivity contribution in [2.75, 3.05) is 0 Å². The predicted octanol–water partition coefficient (Wildman–Crippen LogP) is 5.31. The minimum atomic E-state index is 0.120. The summed E-state index contributed by atoms with van der Waals surface area (Å²) in [6.45, 7) is 4.95. The molecule has 4 heteroatoms. The second-order valence-corrected chi connectivity index (χ2v) is 8.54. The Morgan fingerprint density at radius 3 is 2.85 bits per heavy atom. The maximum Gasteiger partial charge on any atom is 0.240 e. The molecular formula is C22H26N2OS. The third-order valence-electron chi connectivity index (χ3n) is 5.94. The molecule has 1 N–H and O–H groups in total. The number of nitrogens with zero attached hydrogens (tertiary/aromatic N) is 1. The monoisotopic (exact) mass is 366 g/mol. The Kier molecular flexibility index (Phi) is 4.86. The molecule has 1 fully saturated rings. The number of carbonyl (C=O) groups is 1. The molecule has 136 valence electrons. The van der Waals surface area contributed by atoms with Gasteiger partial charge in [0.25, 0.3) is 0 Å². The number of carbonyl (C=O) groups excluding carboxylic acids is 1. The van der Waals surface area contributed by atoms with E-state index < -0.39 is 0 Å². The van der Waals surface area contributed by atoms with Crippen LogP contribution < -0.4 is 5.32 Å². The van der Waals surface area contributed by atoms with Gasteiger partial charge in [0.2, 0.25) is 5.91 Å². The standard InChI is InChI=1S/C22H26N2OS/c1-15-7-5-9-18(16(15)2)23-22(25)14-24-19-10-4-3-8-17(19)13-20(24)21-11-6-12-26-21/h3-4,6,8,10-13,15-16,18H,5,7,9,14H2,1-2H3,(H,23,25). The summed E-state index contributed by atoms with van der Waals surface area (Å²) < 4.78 is 2.16. The summed E-state index contributed by atoms with van der Waals surface area (Å²) >= 11 is 1.72. The van der Waals surface area contributed by atoms with Gasteiger partial charge in [-0.3, -0.25) is 4.79 Å². The van der Waals surface area contributed by atoms with Gasteiger partial charge in [-0.15, -0.1) is 11.3 Å². The third-order valence-corrected chi connectivity index (χ3v) is 6.83. The zero-order valence-electron chi connectivity index (χ0n) is 15.4. The lowest BCUT2D eigenvalue weighted by Gasteiger charge is -2.34. The minimum absolute atomic E-state index is 0.120. The highest BCUT2D eigenvalue weighted by molar-refractivity contribution is 7.13.